The molecular formula is C59H41N5. The molecule has 2 atom stereocenters. The van der Waals surface area contributed by atoms with Gasteiger partial charge in [-0.3, -0.25) is 5.32 Å². The summed E-state index contributed by atoms with van der Waals surface area (Å²) < 4.78 is 4.86. The van der Waals surface area contributed by atoms with Gasteiger partial charge in [-0.1, -0.05) is 164 Å². The third-order valence-corrected chi connectivity index (χ3v) is 13.1. The van der Waals surface area contributed by atoms with E-state index in [1.54, 1.807) is 0 Å². The van der Waals surface area contributed by atoms with Crippen molar-refractivity contribution in [1.82, 2.24) is 19.8 Å². The summed E-state index contributed by atoms with van der Waals surface area (Å²) in [5, 5.41) is 17.5. The van der Waals surface area contributed by atoms with Crippen LogP contribution in [0.4, 0.5) is 0 Å². The zero-order chi connectivity index (χ0) is 42.1. The largest absolute Gasteiger partial charge is 0.350 e. The molecule has 3 heterocycles. The predicted octanol–water partition coefficient (Wildman–Crippen LogP) is 14.2. The number of benzene rings is 10. The lowest BCUT2D eigenvalue weighted by Crippen LogP contribution is -2.45. The highest BCUT2D eigenvalue weighted by Crippen LogP contribution is 2.39. The molecule has 1 aliphatic rings. The van der Waals surface area contributed by atoms with Crippen molar-refractivity contribution < 1.29 is 0 Å². The molecule has 2 N–H and O–H groups in total. The number of rotatable bonds is 6. The van der Waals surface area contributed by atoms with Crippen LogP contribution in [0.5, 0.6) is 0 Å². The highest BCUT2D eigenvalue weighted by Gasteiger charge is 2.27. The Morgan fingerprint density at radius 3 is 1.73 bits per heavy atom. The van der Waals surface area contributed by atoms with Crippen molar-refractivity contribution in [3.63, 3.8) is 0 Å². The maximum Gasteiger partial charge on any atom is 0.131 e. The molecule has 0 saturated heterocycles. The van der Waals surface area contributed by atoms with Crippen molar-refractivity contribution in [2.45, 2.75) is 12.3 Å². The summed E-state index contributed by atoms with van der Waals surface area (Å²) in [6, 6.07) is 81.3. The van der Waals surface area contributed by atoms with Crippen LogP contribution in [0.3, 0.4) is 0 Å². The highest BCUT2D eigenvalue weighted by atomic mass is 15.3. The lowest BCUT2D eigenvalue weighted by Gasteiger charge is -2.32. The van der Waals surface area contributed by atoms with Gasteiger partial charge < -0.3 is 14.5 Å². The van der Waals surface area contributed by atoms with Crippen LogP contribution in [0.25, 0.3) is 87.7 Å². The molecule has 64 heavy (non-hydrogen) atoms. The maximum absolute atomic E-state index is 5.47. The number of aliphatic imine (C=N–C) groups is 1. The van der Waals surface area contributed by atoms with E-state index < -0.39 is 0 Å². The average Bonchev–Trinajstić information content (AvgIpc) is 3.87. The van der Waals surface area contributed by atoms with Crippen LogP contribution in [-0.4, -0.2) is 15.0 Å². The summed E-state index contributed by atoms with van der Waals surface area (Å²) in [7, 11) is 0. The van der Waals surface area contributed by atoms with Gasteiger partial charge in [-0.2, -0.15) is 0 Å². The van der Waals surface area contributed by atoms with E-state index in [1.807, 2.05) is 0 Å². The molecule has 0 amide bonds. The summed E-state index contributed by atoms with van der Waals surface area (Å²) >= 11 is 0. The second kappa shape index (κ2) is 14.7. The van der Waals surface area contributed by atoms with Crippen LogP contribution < -0.4 is 10.6 Å². The van der Waals surface area contributed by atoms with Crippen molar-refractivity contribution in [3.05, 3.63) is 241 Å². The molecule has 2 aromatic heterocycles. The summed E-state index contributed by atoms with van der Waals surface area (Å²) in [6.45, 7) is 0. The van der Waals surface area contributed by atoms with E-state index in [0.29, 0.717) is 0 Å². The summed E-state index contributed by atoms with van der Waals surface area (Å²) in [5.41, 5.74) is 12.5. The van der Waals surface area contributed by atoms with Gasteiger partial charge in [0.05, 0.1) is 22.1 Å². The first-order chi connectivity index (χ1) is 31.7. The quantitative estimate of drug-likeness (QED) is 0.176. The minimum absolute atomic E-state index is 0.195. The molecule has 0 saturated carbocycles. The number of hydrogen-bond donors (Lipinski definition) is 2. The van der Waals surface area contributed by atoms with Gasteiger partial charge in [-0.25, -0.2) is 4.99 Å². The van der Waals surface area contributed by atoms with Crippen LogP contribution in [0.1, 0.15) is 29.0 Å². The van der Waals surface area contributed by atoms with E-state index >= 15 is 0 Å². The predicted molar refractivity (Wildman–Crippen MR) is 267 cm³/mol. The summed E-state index contributed by atoms with van der Waals surface area (Å²) in [5.74, 6) is 0.851. The van der Waals surface area contributed by atoms with E-state index in [4.69, 9.17) is 4.99 Å². The van der Waals surface area contributed by atoms with Gasteiger partial charge in [0.2, 0.25) is 0 Å². The van der Waals surface area contributed by atoms with E-state index in [9.17, 15) is 0 Å². The van der Waals surface area contributed by atoms with Gasteiger partial charge in [0.15, 0.2) is 0 Å². The number of para-hydroxylation sites is 2. The van der Waals surface area contributed by atoms with Gasteiger partial charge >= 0.3 is 0 Å². The molecule has 5 nitrogen and oxygen atoms in total. The normalized spacial score (nSPS) is 15.3. The fraction of sp³-hybridized carbons (Fsp3) is 0.0339. The molecule has 0 aliphatic carbocycles. The van der Waals surface area contributed by atoms with E-state index in [2.05, 4.69) is 244 Å². The SMILES string of the molecule is c1ccc(-c2cccc(C3=NC(c4cccc(-n5c6cc(-n7c8ccccc8c8ccccc87)ccc6c6cc7ccccc7cc65)c4)NC(c4ccc5ccccc5c4)N3)c2)cc1. The first-order valence-corrected chi connectivity index (χ1v) is 22.0. The fourth-order valence-electron chi connectivity index (χ4n) is 10.1. The highest BCUT2D eigenvalue weighted by molar-refractivity contribution is 6.15. The third-order valence-electron chi connectivity index (χ3n) is 13.1. The molecule has 0 fully saturated rings. The second-order valence-corrected chi connectivity index (χ2v) is 16.9. The molecule has 302 valence electrons. The van der Waals surface area contributed by atoms with Gasteiger partial charge in [0, 0.05) is 38.5 Å². The lowest BCUT2D eigenvalue weighted by molar-refractivity contribution is 0.409. The fourth-order valence-corrected chi connectivity index (χ4v) is 10.1. The van der Waals surface area contributed by atoms with Crippen LogP contribution >= 0.6 is 0 Å². The summed E-state index contributed by atoms with van der Waals surface area (Å²) in [4.78, 5) is 5.47. The minimum atomic E-state index is -0.338. The molecule has 0 bridgehead atoms. The standard InChI is InChI=1S/C59H41N5/c1-2-14-38(15-3-1)41-20-12-21-44(32-41)57-60-58(62-59(61-57)46-29-28-39-16-4-5-17-40(39)33-46)45-22-13-23-47(34-45)64-55-36-43-19-7-6-18-42(43)35-52(55)51-31-30-48(37-56(51)64)63-53-26-10-8-24-49(53)50-25-9-11-27-54(50)63/h1-37,58-59,62H,(H,60,61). The monoisotopic (exact) mass is 819 g/mol. The number of nitrogens with zero attached hydrogens (tertiary/aromatic N) is 3. The van der Waals surface area contributed by atoms with Crippen molar-refractivity contribution in [3.8, 4) is 22.5 Å². The van der Waals surface area contributed by atoms with E-state index in [0.717, 1.165) is 45.0 Å². The zero-order valence-corrected chi connectivity index (χ0v) is 34.9. The van der Waals surface area contributed by atoms with Crippen LogP contribution in [-0.2, 0) is 0 Å². The number of nitrogens with one attached hydrogen (secondary N) is 2. The molecule has 12 aromatic rings. The molecule has 13 rings (SSSR count). The number of fused-ring (bicyclic) bond motifs is 8. The van der Waals surface area contributed by atoms with Crippen LogP contribution in [0, 0.1) is 0 Å². The van der Waals surface area contributed by atoms with Gasteiger partial charge in [0.25, 0.3) is 0 Å². The maximum atomic E-state index is 5.47. The third kappa shape index (κ3) is 6.01. The van der Waals surface area contributed by atoms with Crippen LogP contribution in [0.15, 0.2) is 229 Å². The Kier molecular flexibility index (Phi) is 8.36. The Labute approximate surface area is 370 Å². The Hall–Kier alpha value is -8.25. The smallest absolute Gasteiger partial charge is 0.131 e. The Bertz CT molecular complexity index is 3770. The molecular weight excluding hydrogens is 779 g/mol. The minimum Gasteiger partial charge on any atom is -0.350 e. The zero-order valence-electron chi connectivity index (χ0n) is 34.9. The van der Waals surface area contributed by atoms with Gasteiger partial charge in [-0.05, 0) is 104 Å². The number of aromatic nitrogens is 2. The molecule has 0 spiro atoms. The lowest BCUT2D eigenvalue weighted by atomic mass is 10.0. The Balaban J connectivity index is 0.991. The van der Waals surface area contributed by atoms with Crippen molar-refractivity contribution >= 4 is 71.0 Å². The first kappa shape index (κ1) is 36.4. The number of hydrogen-bond acceptors (Lipinski definition) is 3. The molecule has 5 heteroatoms. The topological polar surface area (TPSA) is 46.3 Å². The van der Waals surface area contributed by atoms with Crippen molar-refractivity contribution in [1.29, 1.82) is 0 Å². The van der Waals surface area contributed by atoms with E-state index in [-0.39, 0.29) is 12.3 Å². The number of amidine groups is 1. The van der Waals surface area contributed by atoms with Gasteiger partial charge in [-0.15, -0.1) is 0 Å². The van der Waals surface area contributed by atoms with Crippen molar-refractivity contribution in [2.75, 3.05) is 0 Å². The first-order valence-electron chi connectivity index (χ1n) is 22.0. The second-order valence-electron chi connectivity index (χ2n) is 16.9. The average molecular weight is 820 g/mol. The Morgan fingerprint density at radius 2 is 0.938 bits per heavy atom. The van der Waals surface area contributed by atoms with Gasteiger partial charge in [0.1, 0.15) is 18.2 Å². The molecule has 0 radical (unpaired) electrons. The summed E-state index contributed by atoms with van der Waals surface area (Å²) in [6.07, 6.45) is -0.533. The Morgan fingerprint density at radius 1 is 0.344 bits per heavy atom. The van der Waals surface area contributed by atoms with Crippen LogP contribution in [0.2, 0.25) is 0 Å². The molecule has 2 unspecified atom stereocenters. The van der Waals surface area contributed by atoms with E-state index in [1.165, 1.54) is 65.2 Å². The van der Waals surface area contributed by atoms with Crippen molar-refractivity contribution in [2.24, 2.45) is 4.99 Å². The molecule has 1 aliphatic heterocycles. The molecule has 10 aromatic carbocycles.